The number of carbonyl (C=O) groups excluding carboxylic acids is 1. The monoisotopic (exact) mass is 461 g/mol. The van der Waals surface area contributed by atoms with Gasteiger partial charge in [0.05, 0.1) is 23.9 Å². The molecule has 2 atom stereocenters. The molecule has 4 rings (SSSR count). The summed E-state index contributed by atoms with van der Waals surface area (Å²) in [5.41, 5.74) is 4.27. The number of nitrogens with one attached hydrogen (secondary N) is 2. The highest BCUT2D eigenvalue weighted by atomic mass is 35.5. The number of amides is 1. The lowest BCUT2D eigenvalue weighted by molar-refractivity contribution is -0.116. The maximum Gasteiger partial charge on any atom is 0.240 e. The van der Waals surface area contributed by atoms with Gasteiger partial charge in [-0.25, -0.2) is 9.07 Å². The van der Waals surface area contributed by atoms with Gasteiger partial charge in [-0.2, -0.15) is 0 Å². The average Bonchev–Trinajstić information content (AvgIpc) is 3.16. The SMILES string of the molecule is CCCc1nnc2n1N[C@@H](c1ccc(OC)c(Cl)c1)[C@H](C(=O)Nc1ccccc1F)S2. The Morgan fingerprint density at radius 2 is 2.13 bits per heavy atom. The number of para-hydroxylation sites is 1. The first-order valence-corrected chi connectivity index (χ1v) is 11.0. The van der Waals surface area contributed by atoms with E-state index in [-0.39, 0.29) is 11.6 Å². The molecule has 7 nitrogen and oxygen atoms in total. The predicted molar refractivity (Wildman–Crippen MR) is 119 cm³/mol. The van der Waals surface area contributed by atoms with Crippen molar-refractivity contribution >= 4 is 35.0 Å². The summed E-state index contributed by atoms with van der Waals surface area (Å²) in [6.07, 6.45) is 1.64. The Morgan fingerprint density at radius 3 is 2.84 bits per heavy atom. The first kappa shape index (κ1) is 21.5. The largest absolute Gasteiger partial charge is 0.495 e. The third-order valence-corrected chi connectivity index (χ3v) is 6.41. The van der Waals surface area contributed by atoms with Crippen molar-refractivity contribution in [2.45, 2.75) is 36.2 Å². The molecule has 0 saturated carbocycles. The van der Waals surface area contributed by atoms with Crippen LogP contribution in [0, 0.1) is 5.82 Å². The number of benzene rings is 2. The highest BCUT2D eigenvalue weighted by Crippen LogP contribution is 2.39. The number of halogens is 2. The topological polar surface area (TPSA) is 81.1 Å². The van der Waals surface area contributed by atoms with Crippen LogP contribution in [0.3, 0.4) is 0 Å². The van der Waals surface area contributed by atoms with Crippen LogP contribution in [0.2, 0.25) is 5.02 Å². The van der Waals surface area contributed by atoms with E-state index in [9.17, 15) is 9.18 Å². The molecule has 0 spiro atoms. The van der Waals surface area contributed by atoms with Crippen molar-refractivity contribution in [3.05, 3.63) is 64.7 Å². The summed E-state index contributed by atoms with van der Waals surface area (Å²) in [4.78, 5) is 13.2. The van der Waals surface area contributed by atoms with E-state index in [0.717, 1.165) is 24.2 Å². The number of aromatic nitrogens is 3. The van der Waals surface area contributed by atoms with E-state index in [1.165, 1.54) is 23.9 Å². The predicted octanol–water partition coefficient (Wildman–Crippen LogP) is 4.43. The van der Waals surface area contributed by atoms with Crippen molar-refractivity contribution in [2.75, 3.05) is 17.9 Å². The lowest BCUT2D eigenvalue weighted by atomic mass is 10.0. The highest BCUT2D eigenvalue weighted by molar-refractivity contribution is 8.00. The quantitative estimate of drug-likeness (QED) is 0.565. The standard InChI is InChI=1S/C21H21ClFN5O2S/c1-3-6-17-25-26-21-28(17)27-18(12-9-10-16(30-2)13(22)11-12)19(31-21)20(29)24-15-8-5-4-7-14(15)23/h4-5,7-11,18-19,27H,3,6H2,1-2H3,(H,24,29)/t18-,19+/m0/s1. The molecule has 162 valence electrons. The minimum Gasteiger partial charge on any atom is -0.495 e. The summed E-state index contributed by atoms with van der Waals surface area (Å²) in [6.45, 7) is 2.06. The van der Waals surface area contributed by atoms with E-state index in [0.29, 0.717) is 15.9 Å². The lowest BCUT2D eigenvalue weighted by Gasteiger charge is -2.33. The molecule has 0 unspecified atom stereocenters. The van der Waals surface area contributed by atoms with Crippen molar-refractivity contribution in [3.63, 3.8) is 0 Å². The van der Waals surface area contributed by atoms with Crippen LogP contribution in [-0.2, 0) is 11.2 Å². The molecule has 1 amide bonds. The van der Waals surface area contributed by atoms with Gasteiger partial charge in [0.1, 0.15) is 16.8 Å². The zero-order valence-electron chi connectivity index (χ0n) is 16.9. The van der Waals surface area contributed by atoms with Crippen molar-refractivity contribution in [2.24, 2.45) is 0 Å². The Kier molecular flexibility index (Phi) is 6.33. The fraction of sp³-hybridized carbons (Fsp3) is 0.286. The van der Waals surface area contributed by atoms with Crippen molar-refractivity contribution < 1.29 is 13.9 Å². The van der Waals surface area contributed by atoms with Crippen LogP contribution in [0.1, 0.15) is 30.8 Å². The normalized spacial score (nSPS) is 17.5. The lowest BCUT2D eigenvalue weighted by Crippen LogP contribution is -2.41. The van der Waals surface area contributed by atoms with E-state index >= 15 is 0 Å². The molecule has 1 aliphatic heterocycles. The van der Waals surface area contributed by atoms with Gasteiger partial charge in [0.15, 0.2) is 5.82 Å². The molecule has 31 heavy (non-hydrogen) atoms. The molecule has 10 heteroatoms. The minimum absolute atomic E-state index is 0.123. The molecule has 1 aromatic heterocycles. The number of nitrogens with zero attached hydrogens (tertiary/aromatic N) is 3. The fourth-order valence-corrected chi connectivity index (χ4v) is 4.74. The smallest absolute Gasteiger partial charge is 0.240 e. The molecule has 0 radical (unpaired) electrons. The molecular formula is C21H21ClFN5O2S. The number of carbonyl (C=O) groups is 1. The van der Waals surface area contributed by atoms with Gasteiger partial charge in [0.25, 0.3) is 0 Å². The van der Waals surface area contributed by atoms with E-state index in [2.05, 4.69) is 27.9 Å². The number of hydrogen-bond acceptors (Lipinski definition) is 6. The maximum absolute atomic E-state index is 14.1. The molecule has 1 aliphatic rings. The number of ether oxygens (including phenoxy) is 1. The number of hydrogen-bond donors (Lipinski definition) is 2. The summed E-state index contributed by atoms with van der Waals surface area (Å²) in [5, 5.41) is 11.5. The van der Waals surface area contributed by atoms with Gasteiger partial charge in [-0.15, -0.1) is 10.2 Å². The van der Waals surface area contributed by atoms with Crippen LogP contribution in [0.4, 0.5) is 10.1 Å². The third-order valence-electron chi connectivity index (χ3n) is 4.90. The Hall–Kier alpha value is -2.78. The second kappa shape index (κ2) is 9.15. The van der Waals surface area contributed by atoms with Gasteiger partial charge in [-0.3, -0.25) is 4.79 Å². The number of aryl methyl sites for hydroxylation is 1. The Labute approximate surface area is 188 Å². The number of methoxy groups -OCH3 is 1. The van der Waals surface area contributed by atoms with E-state index in [1.54, 1.807) is 31.4 Å². The van der Waals surface area contributed by atoms with Crippen LogP contribution in [0.5, 0.6) is 5.75 Å². The van der Waals surface area contributed by atoms with Gasteiger partial charge in [-0.05, 0) is 36.2 Å². The second-order valence-electron chi connectivity index (χ2n) is 6.99. The molecule has 0 fully saturated rings. The summed E-state index contributed by atoms with van der Waals surface area (Å²) in [5.74, 6) is 0.466. The van der Waals surface area contributed by atoms with Crippen LogP contribution in [0.15, 0.2) is 47.6 Å². The minimum atomic E-state index is -0.643. The summed E-state index contributed by atoms with van der Waals surface area (Å²) < 4.78 is 21.2. The summed E-state index contributed by atoms with van der Waals surface area (Å²) >= 11 is 7.62. The van der Waals surface area contributed by atoms with Gasteiger partial charge < -0.3 is 15.5 Å². The Balaban J connectivity index is 1.70. The molecule has 2 aromatic carbocycles. The average molecular weight is 462 g/mol. The van der Waals surface area contributed by atoms with Crippen LogP contribution >= 0.6 is 23.4 Å². The zero-order valence-corrected chi connectivity index (χ0v) is 18.5. The maximum atomic E-state index is 14.1. The molecular weight excluding hydrogens is 441 g/mol. The van der Waals surface area contributed by atoms with Crippen molar-refractivity contribution in [1.82, 2.24) is 14.9 Å². The third kappa shape index (κ3) is 4.33. The number of anilines is 1. The first-order chi connectivity index (χ1) is 15.0. The molecule has 0 aliphatic carbocycles. The highest BCUT2D eigenvalue weighted by Gasteiger charge is 2.38. The van der Waals surface area contributed by atoms with E-state index < -0.39 is 17.1 Å². The van der Waals surface area contributed by atoms with E-state index in [1.807, 2.05) is 10.7 Å². The van der Waals surface area contributed by atoms with Crippen LogP contribution in [0.25, 0.3) is 0 Å². The van der Waals surface area contributed by atoms with Gasteiger partial charge in [0.2, 0.25) is 11.1 Å². The van der Waals surface area contributed by atoms with Gasteiger partial charge in [0, 0.05) is 6.42 Å². The molecule has 0 saturated heterocycles. The van der Waals surface area contributed by atoms with Crippen molar-refractivity contribution in [3.8, 4) is 5.75 Å². The molecule has 2 heterocycles. The second-order valence-corrected chi connectivity index (χ2v) is 8.51. The molecule has 2 N–H and O–H groups in total. The fourth-order valence-electron chi connectivity index (χ4n) is 3.38. The Morgan fingerprint density at radius 1 is 1.32 bits per heavy atom. The van der Waals surface area contributed by atoms with Gasteiger partial charge >= 0.3 is 0 Å². The summed E-state index contributed by atoms with van der Waals surface area (Å²) in [6, 6.07) is 11.0. The van der Waals surface area contributed by atoms with Crippen LogP contribution < -0.4 is 15.5 Å². The van der Waals surface area contributed by atoms with Crippen LogP contribution in [-0.4, -0.2) is 33.1 Å². The van der Waals surface area contributed by atoms with E-state index in [4.69, 9.17) is 16.3 Å². The number of rotatable bonds is 6. The Bertz CT molecular complexity index is 1110. The molecule has 0 bridgehead atoms. The number of thioether (sulfide) groups is 1. The van der Waals surface area contributed by atoms with Gasteiger partial charge in [-0.1, -0.05) is 48.5 Å². The first-order valence-electron chi connectivity index (χ1n) is 9.78. The number of fused-ring (bicyclic) bond motifs is 1. The summed E-state index contributed by atoms with van der Waals surface area (Å²) in [7, 11) is 1.54. The van der Waals surface area contributed by atoms with Crippen molar-refractivity contribution in [1.29, 1.82) is 0 Å². The zero-order chi connectivity index (χ0) is 22.0. The molecule has 3 aromatic rings.